The second-order valence-corrected chi connectivity index (χ2v) is 12.1. The molecule has 2 N–H and O–H groups in total. The van der Waals surface area contributed by atoms with Crippen LogP contribution in [0.25, 0.3) is 33.3 Å². The molecule has 0 spiro atoms. The molecule has 0 aliphatic carbocycles. The van der Waals surface area contributed by atoms with Crippen LogP contribution in [0.2, 0.25) is 0 Å². The summed E-state index contributed by atoms with van der Waals surface area (Å²) < 4.78 is 64.8. The maximum Gasteiger partial charge on any atom is 0.406 e. The Morgan fingerprint density at radius 1 is 1.07 bits per heavy atom. The molecule has 0 saturated carbocycles. The van der Waals surface area contributed by atoms with Gasteiger partial charge in [0.2, 0.25) is 11.7 Å². The van der Waals surface area contributed by atoms with Crippen LogP contribution < -0.4 is 10.6 Å². The van der Waals surface area contributed by atoms with E-state index in [9.17, 15) is 17.6 Å². The number of nitrogens with one attached hydrogen (secondary N) is 2. The van der Waals surface area contributed by atoms with Crippen LogP contribution in [0.4, 0.5) is 29.1 Å². The van der Waals surface area contributed by atoms with Crippen LogP contribution in [0, 0.1) is 0 Å². The molecule has 2 atom stereocenters. The van der Waals surface area contributed by atoms with E-state index in [-0.39, 0.29) is 29.5 Å². The molecule has 4 aromatic heterocycles. The Bertz CT molecular complexity index is 1750. The minimum absolute atomic E-state index is 0.0240. The molecule has 0 bridgehead atoms. The summed E-state index contributed by atoms with van der Waals surface area (Å²) >= 11 is 0. The number of anilines is 2. The number of benzene rings is 1. The molecule has 9 nitrogen and oxygen atoms in total. The van der Waals surface area contributed by atoms with Crippen LogP contribution in [-0.2, 0) is 18.6 Å². The summed E-state index contributed by atoms with van der Waals surface area (Å²) in [6.45, 7) is 6.24. The van der Waals surface area contributed by atoms with Crippen molar-refractivity contribution in [2.75, 3.05) is 30.8 Å². The van der Waals surface area contributed by atoms with Crippen molar-refractivity contribution in [1.29, 1.82) is 0 Å². The lowest BCUT2D eigenvalue weighted by molar-refractivity contribution is -0.139. The summed E-state index contributed by atoms with van der Waals surface area (Å²) in [7, 11) is 1.86. The topological polar surface area (TPSA) is 89.0 Å². The predicted octanol–water partition coefficient (Wildman–Crippen LogP) is 6.42. The van der Waals surface area contributed by atoms with Gasteiger partial charge in [0.15, 0.2) is 0 Å². The molecule has 1 fully saturated rings. The Morgan fingerprint density at radius 3 is 2.63 bits per heavy atom. The van der Waals surface area contributed by atoms with Crippen LogP contribution >= 0.6 is 0 Å². The highest BCUT2D eigenvalue weighted by molar-refractivity contribution is 5.96. The number of aromatic nitrogens is 5. The molecular formula is C30H34F4N8O. The van der Waals surface area contributed by atoms with Gasteiger partial charge in [0, 0.05) is 47.5 Å². The zero-order chi connectivity index (χ0) is 30.5. The Labute approximate surface area is 245 Å². The first kappa shape index (κ1) is 29.0. The summed E-state index contributed by atoms with van der Waals surface area (Å²) in [5.41, 5.74) is 1.94. The van der Waals surface area contributed by atoms with Gasteiger partial charge in [-0.3, -0.25) is 0 Å². The third-order valence-electron chi connectivity index (χ3n) is 7.81. The first-order chi connectivity index (χ1) is 20.4. The summed E-state index contributed by atoms with van der Waals surface area (Å²) in [6, 6.07) is 10.1. The number of hydrogen-bond donors (Lipinski definition) is 2. The molecule has 5 heterocycles. The van der Waals surface area contributed by atoms with Crippen LogP contribution in [0.5, 0.6) is 0 Å². The Balaban J connectivity index is 1.29. The van der Waals surface area contributed by atoms with Gasteiger partial charge in [0.05, 0.1) is 29.3 Å². The molecule has 13 heteroatoms. The van der Waals surface area contributed by atoms with Crippen LogP contribution in [-0.4, -0.2) is 67.7 Å². The van der Waals surface area contributed by atoms with E-state index < -0.39 is 24.9 Å². The molecule has 1 saturated heterocycles. The molecule has 0 unspecified atom stereocenters. The number of rotatable bonds is 7. The van der Waals surface area contributed by atoms with E-state index in [0.29, 0.717) is 35.4 Å². The predicted molar refractivity (Wildman–Crippen MR) is 158 cm³/mol. The molecule has 1 aliphatic heterocycles. The normalized spacial score (nSPS) is 18.5. The standard InChI is InChI=1S/C30H34F4N8O/c1-29(2,3)42-13-9-18-24(42)8-11-35-27(18)36-15-26-38-28(39-43-26)25-14-19-21(37-22-10-12-40(4)16-20(22)31)6-5-7-23(19)41(25)17-30(32,33)34/h5-9,11,13-14,20,22,37H,10,12,15-17H2,1-4H3,(H,35,36)/t20-,22+/m0/s1. The highest BCUT2D eigenvalue weighted by atomic mass is 19.4. The average Bonchev–Trinajstić information content (AvgIpc) is 3.66. The van der Waals surface area contributed by atoms with E-state index in [2.05, 4.69) is 51.1 Å². The molecule has 5 aromatic rings. The van der Waals surface area contributed by atoms with Gasteiger partial charge in [-0.15, -0.1) is 0 Å². The van der Waals surface area contributed by atoms with Gasteiger partial charge in [0.25, 0.3) is 0 Å². The summed E-state index contributed by atoms with van der Waals surface area (Å²) in [4.78, 5) is 10.8. The zero-order valence-electron chi connectivity index (χ0n) is 24.4. The summed E-state index contributed by atoms with van der Waals surface area (Å²) in [5, 5.41) is 11.9. The van der Waals surface area contributed by atoms with Crippen molar-refractivity contribution in [1.82, 2.24) is 29.2 Å². The number of pyridine rings is 1. The van der Waals surface area contributed by atoms with Crippen molar-refractivity contribution in [3.8, 4) is 11.5 Å². The third-order valence-corrected chi connectivity index (χ3v) is 7.81. The molecule has 228 valence electrons. The second kappa shape index (κ2) is 10.9. The molecule has 1 aromatic carbocycles. The zero-order valence-corrected chi connectivity index (χ0v) is 24.4. The lowest BCUT2D eigenvalue weighted by atomic mass is 10.0. The molecule has 6 rings (SSSR count). The first-order valence-corrected chi connectivity index (χ1v) is 14.2. The van der Waals surface area contributed by atoms with Crippen LogP contribution in [0.1, 0.15) is 33.1 Å². The first-order valence-electron chi connectivity index (χ1n) is 14.2. The molecule has 0 radical (unpaired) electrons. The fourth-order valence-electron chi connectivity index (χ4n) is 5.75. The smallest absolute Gasteiger partial charge is 0.379 e. The van der Waals surface area contributed by atoms with Gasteiger partial charge in [-0.05, 0) is 64.6 Å². The molecular weight excluding hydrogens is 564 g/mol. The van der Waals surface area contributed by atoms with Gasteiger partial charge in [-0.2, -0.15) is 18.2 Å². The van der Waals surface area contributed by atoms with E-state index in [1.165, 1.54) is 0 Å². The number of alkyl halides is 4. The molecule has 1 aliphatic rings. The van der Waals surface area contributed by atoms with Crippen molar-refractivity contribution in [3.05, 3.63) is 54.7 Å². The van der Waals surface area contributed by atoms with Crippen LogP contribution in [0.3, 0.4) is 0 Å². The lowest BCUT2D eigenvalue weighted by Gasteiger charge is -2.33. The van der Waals surface area contributed by atoms with Gasteiger partial charge >= 0.3 is 6.18 Å². The highest BCUT2D eigenvalue weighted by Crippen LogP contribution is 2.35. The van der Waals surface area contributed by atoms with Crippen molar-refractivity contribution in [3.63, 3.8) is 0 Å². The van der Waals surface area contributed by atoms with E-state index in [0.717, 1.165) is 22.0 Å². The summed E-state index contributed by atoms with van der Waals surface area (Å²) in [5.74, 6) is 0.843. The number of piperidine rings is 1. The fourth-order valence-corrected chi connectivity index (χ4v) is 5.75. The van der Waals surface area contributed by atoms with Gasteiger partial charge in [-0.1, -0.05) is 11.2 Å². The minimum Gasteiger partial charge on any atom is -0.379 e. The van der Waals surface area contributed by atoms with E-state index in [1.807, 2.05) is 30.3 Å². The van der Waals surface area contributed by atoms with Crippen LogP contribution in [0.15, 0.2) is 53.3 Å². The minimum atomic E-state index is -4.50. The average molecular weight is 599 g/mol. The monoisotopic (exact) mass is 598 g/mol. The second-order valence-electron chi connectivity index (χ2n) is 12.1. The number of hydrogen-bond acceptors (Lipinski definition) is 7. The SMILES string of the molecule is CN1CC[C@@H](Nc2cccc3c2cc(-c2noc(CNc4nccc5c4ccn5C(C)(C)C)n2)n3CC(F)(F)F)[C@@H](F)C1. The third kappa shape index (κ3) is 5.90. The number of nitrogens with zero attached hydrogens (tertiary/aromatic N) is 6. The van der Waals surface area contributed by atoms with E-state index in [4.69, 9.17) is 4.52 Å². The van der Waals surface area contributed by atoms with Crippen molar-refractivity contribution in [2.45, 2.75) is 64.2 Å². The molecule has 43 heavy (non-hydrogen) atoms. The van der Waals surface area contributed by atoms with Gasteiger partial charge in [-0.25, -0.2) is 9.37 Å². The van der Waals surface area contributed by atoms with Crippen molar-refractivity contribution in [2.24, 2.45) is 0 Å². The largest absolute Gasteiger partial charge is 0.406 e. The lowest BCUT2D eigenvalue weighted by Crippen LogP contribution is -2.46. The number of halogens is 4. The Morgan fingerprint density at radius 2 is 1.88 bits per heavy atom. The maximum atomic E-state index is 14.8. The van der Waals surface area contributed by atoms with E-state index in [1.54, 1.807) is 30.5 Å². The quantitative estimate of drug-likeness (QED) is 0.209. The van der Waals surface area contributed by atoms with Crippen molar-refractivity contribution >= 4 is 33.3 Å². The van der Waals surface area contributed by atoms with Gasteiger partial charge < -0.3 is 29.2 Å². The van der Waals surface area contributed by atoms with E-state index >= 15 is 0 Å². The number of likely N-dealkylation sites (tertiary alicyclic amines) is 1. The Hall–Kier alpha value is -4.13. The highest BCUT2D eigenvalue weighted by Gasteiger charge is 2.32. The number of fused-ring (bicyclic) bond motifs is 2. The Kier molecular flexibility index (Phi) is 7.31. The van der Waals surface area contributed by atoms with Crippen molar-refractivity contribution < 1.29 is 22.1 Å². The maximum absolute atomic E-state index is 14.8. The molecule has 0 amide bonds. The van der Waals surface area contributed by atoms with Gasteiger partial charge in [0.1, 0.15) is 18.5 Å². The summed E-state index contributed by atoms with van der Waals surface area (Å²) in [6.07, 6.45) is -1.31. The fraction of sp³-hybridized carbons (Fsp3) is 0.433.